The monoisotopic (exact) mass is 294 g/mol. The van der Waals surface area contributed by atoms with Crippen LogP contribution in [0.25, 0.3) is 6.08 Å². The Balaban J connectivity index is 3.19. The van der Waals surface area contributed by atoms with E-state index in [0.29, 0.717) is 17.1 Å². The average Bonchev–Trinajstić information content (AvgIpc) is 2.46. The van der Waals surface area contributed by atoms with Gasteiger partial charge in [0.1, 0.15) is 11.5 Å². The molecule has 21 heavy (non-hydrogen) atoms. The van der Waals surface area contributed by atoms with Gasteiger partial charge in [-0.05, 0) is 25.1 Å². The Morgan fingerprint density at radius 3 is 2.48 bits per heavy atom. The molecule has 0 aromatic heterocycles. The number of methoxy groups -OCH3 is 2. The third-order valence-corrected chi connectivity index (χ3v) is 2.65. The fraction of sp³-hybridized carbons (Fsp3) is 0.333. The first kappa shape index (κ1) is 16.6. The van der Waals surface area contributed by atoms with Gasteiger partial charge in [-0.2, -0.15) is 0 Å². The molecule has 1 N–H and O–H groups in total. The molecule has 0 saturated heterocycles. The number of aliphatic carboxylic acids is 1. The Morgan fingerprint density at radius 2 is 1.95 bits per heavy atom. The summed E-state index contributed by atoms with van der Waals surface area (Å²) in [5.41, 5.74) is 0.621. The molecule has 0 radical (unpaired) electrons. The van der Waals surface area contributed by atoms with Crippen LogP contribution in [0.15, 0.2) is 23.8 Å². The van der Waals surface area contributed by atoms with Gasteiger partial charge in [0.15, 0.2) is 0 Å². The number of carbonyl (C=O) groups excluding carboxylic acids is 1. The van der Waals surface area contributed by atoms with Crippen molar-refractivity contribution in [1.82, 2.24) is 0 Å². The van der Waals surface area contributed by atoms with Gasteiger partial charge in [-0.25, -0.2) is 4.79 Å². The normalized spacial score (nSPS) is 10.9. The highest BCUT2D eigenvalue weighted by atomic mass is 16.5. The first-order valence-corrected chi connectivity index (χ1v) is 6.33. The molecular formula is C15H18O6. The Hall–Kier alpha value is -2.50. The molecule has 0 amide bonds. The van der Waals surface area contributed by atoms with Crippen LogP contribution in [0, 0.1) is 0 Å². The predicted octanol–water partition coefficient (Wildman–Crippen LogP) is 2.12. The summed E-state index contributed by atoms with van der Waals surface area (Å²) in [7, 11) is 3.01. The van der Waals surface area contributed by atoms with Crippen LogP contribution in [0.5, 0.6) is 11.5 Å². The number of esters is 1. The molecule has 1 rings (SSSR count). The number of ether oxygens (including phenoxy) is 3. The fourth-order valence-electron chi connectivity index (χ4n) is 1.69. The number of rotatable bonds is 7. The molecule has 0 bridgehead atoms. The number of carbonyl (C=O) groups is 2. The van der Waals surface area contributed by atoms with Crippen LogP contribution in [-0.4, -0.2) is 37.9 Å². The maximum absolute atomic E-state index is 11.8. The van der Waals surface area contributed by atoms with Crippen molar-refractivity contribution in [2.45, 2.75) is 13.3 Å². The molecule has 0 unspecified atom stereocenters. The summed E-state index contributed by atoms with van der Waals surface area (Å²) < 4.78 is 15.1. The lowest BCUT2D eigenvalue weighted by molar-refractivity contribution is -0.142. The molecule has 0 heterocycles. The van der Waals surface area contributed by atoms with Gasteiger partial charge in [-0.15, -0.1) is 0 Å². The zero-order chi connectivity index (χ0) is 15.8. The first-order chi connectivity index (χ1) is 10.0. The molecule has 0 aliphatic rings. The summed E-state index contributed by atoms with van der Waals surface area (Å²) in [6, 6.07) is 5.02. The van der Waals surface area contributed by atoms with E-state index in [2.05, 4.69) is 0 Å². The number of carboxylic acid groups (broad SMARTS) is 1. The molecular weight excluding hydrogens is 276 g/mol. The Labute approximate surface area is 122 Å². The highest BCUT2D eigenvalue weighted by Crippen LogP contribution is 2.27. The molecule has 6 heteroatoms. The lowest BCUT2D eigenvalue weighted by atomic mass is 10.1. The van der Waals surface area contributed by atoms with Crippen molar-refractivity contribution in [1.29, 1.82) is 0 Å². The number of carboxylic acids is 1. The summed E-state index contributed by atoms with van der Waals surface area (Å²) in [6.07, 6.45) is 1.03. The van der Waals surface area contributed by atoms with Gasteiger partial charge in [0, 0.05) is 17.2 Å². The van der Waals surface area contributed by atoms with Crippen molar-refractivity contribution in [3.8, 4) is 11.5 Å². The molecule has 0 spiro atoms. The second kappa shape index (κ2) is 7.94. The second-order valence-corrected chi connectivity index (χ2v) is 4.07. The maximum Gasteiger partial charge on any atom is 0.334 e. The van der Waals surface area contributed by atoms with Crippen molar-refractivity contribution >= 4 is 18.0 Å². The Morgan fingerprint density at radius 1 is 1.24 bits per heavy atom. The number of hydrogen-bond donors (Lipinski definition) is 1. The van der Waals surface area contributed by atoms with Crippen LogP contribution in [0.1, 0.15) is 18.9 Å². The zero-order valence-corrected chi connectivity index (χ0v) is 12.2. The molecule has 0 saturated carbocycles. The van der Waals surface area contributed by atoms with Crippen molar-refractivity contribution in [3.63, 3.8) is 0 Å². The van der Waals surface area contributed by atoms with E-state index in [-0.39, 0.29) is 12.2 Å². The topological polar surface area (TPSA) is 82.1 Å². The quantitative estimate of drug-likeness (QED) is 0.612. The molecule has 1 aromatic carbocycles. The lowest BCUT2D eigenvalue weighted by Gasteiger charge is -2.09. The minimum absolute atomic E-state index is 0.0489. The maximum atomic E-state index is 11.8. The third-order valence-electron chi connectivity index (χ3n) is 2.65. The SMILES string of the molecule is CCOC(=O)/C(=C\c1ccc(OC)cc1OC)CC(=O)O. The second-order valence-electron chi connectivity index (χ2n) is 4.07. The van der Waals surface area contributed by atoms with Crippen molar-refractivity contribution in [2.24, 2.45) is 0 Å². The standard InChI is InChI=1S/C15H18O6/c1-4-21-15(18)11(8-14(16)17)7-10-5-6-12(19-2)9-13(10)20-3/h5-7,9H,4,8H2,1-3H3,(H,16,17)/b11-7-. The minimum Gasteiger partial charge on any atom is -0.497 e. The van der Waals surface area contributed by atoms with E-state index >= 15 is 0 Å². The molecule has 0 atom stereocenters. The van der Waals surface area contributed by atoms with E-state index in [1.807, 2.05) is 0 Å². The summed E-state index contributed by atoms with van der Waals surface area (Å²) in [5.74, 6) is -0.694. The van der Waals surface area contributed by atoms with Crippen molar-refractivity contribution in [2.75, 3.05) is 20.8 Å². The van der Waals surface area contributed by atoms with Crippen LogP contribution in [0.4, 0.5) is 0 Å². The van der Waals surface area contributed by atoms with Gasteiger partial charge in [0.25, 0.3) is 0 Å². The predicted molar refractivity (Wildman–Crippen MR) is 76.4 cm³/mol. The molecule has 6 nitrogen and oxygen atoms in total. The Kier molecular flexibility index (Phi) is 6.26. The first-order valence-electron chi connectivity index (χ1n) is 6.33. The van der Waals surface area contributed by atoms with Gasteiger partial charge in [0.05, 0.1) is 27.2 Å². The lowest BCUT2D eigenvalue weighted by Crippen LogP contribution is -2.11. The Bertz CT molecular complexity index is 547. The van der Waals surface area contributed by atoms with E-state index in [0.717, 1.165) is 0 Å². The summed E-state index contributed by atoms with van der Waals surface area (Å²) >= 11 is 0. The summed E-state index contributed by atoms with van der Waals surface area (Å²) in [5, 5.41) is 8.89. The number of hydrogen-bond acceptors (Lipinski definition) is 5. The van der Waals surface area contributed by atoms with E-state index < -0.39 is 18.4 Å². The van der Waals surface area contributed by atoms with E-state index in [1.54, 1.807) is 25.1 Å². The molecule has 1 aromatic rings. The minimum atomic E-state index is -1.11. The highest BCUT2D eigenvalue weighted by molar-refractivity contribution is 5.98. The van der Waals surface area contributed by atoms with Crippen LogP contribution < -0.4 is 9.47 Å². The van der Waals surface area contributed by atoms with Gasteiger partial charge in [-0.3, -0.25) is 4.79 Å². The van der Waals surface area contributed by atoms with Crippen molar-refractivity contribution in [3.05, 3.63) is 29.3 Å². The van der Waals surface area contributed by atoms with Gasteiger partial charge in [-0.1, -0.05) is 0 Å². The summed E-state index contributed by atoms with van der Waals surface area (Å²) in [6.45, 7) is 1.83. The highest BCUT2D eigenvalue weighted by Gasteiger charge is 2.16. The van der Waals surface area contributed by atoms with E-state index in [9.17, 15) is 9.59 Å². The fourth-order valence-corrected chi connectivity index (χ4v) is 1.69. The summed E-state index contributed by atoms with van der Waals surface area (Å²) in [4.78, 5) is 22.7. The molecule has 0 fully saturated rings. The molecule has 114 valence electrons. The zero-order valence-electron chi connectivity index (χ0n) is 12.2. The number of benzene rings is 1. The van der Waals surface area contributed by atoms with Crippen LogP contribution in [0.2, 0.25) is 0 Å². The van der Waals surface area contributed by atoms with Crippen LogP contribution >= 0.6 is 0 Å². The smallest absolute Gasteiger partial charge is 0.334 e. The van der Waals surface area contributed by atoms with Gasteiger partial charge < -0.3 is 19.3 Å². The van der Waals surface area contributed by atoms with Crippen LogP contribution in [-0.2, 0) is 14.3 Å². The van der Waals surface area contributed by atoms with Crippen molar-refractivity contribution < 1.29 is 28.9 Å². The van der Waals surface area contributed by atoms with Crippen LogP contribution in [0.3, 0.4) is 0 Å². The largest absolute Gasteiger partial charge is 0.497 e. The van der Waals surface area contributed by atoms with Gasteiger partial charge >= 0.3 is 11.9 Å². The molecule has 0 aliphatic heterocycles. The molecule has 0 aliphatic carbocycles. The van der Waals surface area contributed by atoms with Gasteiger partial charge in [0.2, 0.25) is 0 Å². The van der Waals surface area contributed by atoms with E-state index in [1.165, 1.54) is 20.3 Å². The third kappa shape index (κ3) is 4.83. The van der Waals surface area contributed by atoms with E-state index in [4.69, 9.17) is 19.3 Å². The average molecular weight is 294 g/mol.